The Balaban J connectivity index is 2.48. The van der Waals surface area contributed by atoms with Gasteiger partial charge in [0.15, 0.2) is 6.79 Å². The molecule has 4 nitrogen and oxygen atoms in total. The van der Waals surface area contributed by atoms with Crippen LogP contribution in [0.25, 0.3) is 0 Å². The lowest BCUT2D eigenvalue weighted by molar-refractivity contribution is 0.0500. The largest absolute Gasteiger partial charge is 0.497 e. The van der Waals surface area contributed by atoms with E-state index in [0.717, 1.165) is 29.0 Å². The third-order valence-corrected chi connectivity index (χ3v) is 6.36. The molecule has 0 bridgehead atoms. The van der Waals surface area contributed by atoms with E-state index in [2.05, 4.69) is 43.1 Å². The van der Waals surface area contributed by atoms with Crippen LogP contribution in [0.2, 0.25) is 0 Å². The molecule has 2 aromatic rings. The van der Waals surface area contributed by atoms with Crippen molar-refractivity contribution < 1.29 is 14.2 Å². The van der Waals surface area contributed by atoms with Crippen LogP contribution in [0.4, 0.5) is 0 Å². The highest BCUT2D eigenvalue weighted by Crippen LogP contribution is 2.48. The van der Waals surface area contributed by atoms with Crippen molar-refractivity contribution in [2.75, 3.05) is 28.1 Å². The van der Waals surface area contributed by atoms with Gasteiger partial charge in [0.05, 0.1) is 7.11 Å². The van der Waals surface area contributed by atoms with Crippen molar-refractivity contribution in [1.82, 2.24) is 0 Å². The van der Waals surface area contributed by atoms with E-state index in [1.165, 1.54) is 5.30 Å². The molecular formula is C21H28NO3P. The van der Waals surface area contributed by atoms with Crippen LogP contribution in [0, 0.1) is 0 Å². The molecule has 0 aliphatic rings. The Morgan fingerprint density at radius 2 is 1.92 bits per heavy atom. The van der Waals surface area contributed by atoms with E-state index < -0.39 is 0 Å². The lowest BCUT2D eigenvalue weighted by Gasteiger charge is -2.31. The smallest absolute Gasteiger partial charge is 0.188 e. The van der Waals surface area contributed by atoms with Crippen molar-refractivity contribution in [2.24, 2.45) is 4.99 Å². The number of rotatable bonds is 9. The molecule has 5 heteroatoms. The summed E-state index contributed by atoms with van der Waals surface area (Å²) in [4.78, 5) is 4.20. The van der Waals surface area contributed by atoms with Gasteiger partial charge in [-0.25, -0.2) is 0 Å². The highest BCUT2D eigenvalue weighted by atomic mass is 31.1. The van der Waals surface area contributed by atoms with Crippen molar-refractivity contribution in [3.8, 4) is 11.5 Å². The number of benzene rings is 2. The van der Waals surface area contributed by atoms with Gasteiger partial charge in [0.1, 0.15) is 11.5 Å². The van der Waals surface area contributed by atoms with Gasteiger partial charge in [0, 0.05) is 31.1 Å². The molecule has 0 saturated heterocycles. The Bertz CT molecular complexity index is 748. The summed E-state index contributed by atoms with van der Waals surface area (Å²) in [5.74, 6) is 1.67. The number of methoxy groups -OCH3 is 2. The first kappa shape index (κ1) is 20.4. The number of ether oxygens (including phenoxy) is 3. The fraction of sp³-hybridized carbons (Fsp3) is 0.381. The van der Waals surface area contributed by atoms with E-state index in [-0.39, 0.29) is 11.9 Å². The summed E-state index contributed by atoms with van der Waals surface area (Å²) in [7, 11) is 5.69. The monoisotopic (exact) mass is 373 g/mol. The topological polar surface area (TPSA) is 40.0 Å². The summed E-state index contributed by atoms with van der Waals surface area (Å²) in [6, 6.07) is 14.4. The Kier molecular flexibility index (Phi) is 7.62. The summed E-state index contributed by atoms with van der Waals surface area (Å²) in [5.41, 5.74) is 2.30. The van der Waals surface area contributed by atoms with E-state index in [9.17, 15) is 0 Å². The molecule has 2 unspecified atom stereocenters. The van der Waals surface area contributed by atoms with Crippen LogP contribution in [0.5, 0.6) is 11.5 Å². The van der Waals surface area contributed by atoms with Gasteiger partial charge in [-0.3, -0.25) is 4.99 Å². The van der Waals surface area contributed by atoms with Crippen LogP contribution in [0.1, 0.15) is 31.4 Å². The van der Waals surface area contributed by atoms with E-state index in [4.69, 9.17) is 14.2 Å². The number of hydrogen-bond donors (Lipinski definition) is 0. The second-order valence-electron chi connectivity index (χ2n) is 6.20. The van der Waals surface area contributed by atoms with Crippen molar-refractivity contribution in [3.63, 3.8) is 0 Å². The standard InChI is InChI=1S/C21H28NO3P/c1-6-21(2,26-20-10-8-7-9-16(20)14-22-3)18-13-17(24-5)11-12-19(18)25-15-23-4/h7-14,26H,6,15H2,1-5H3/b22-14+. The maximum absolute atomic E-state index is 5.85. The number of nitrogens with zero attached hydrogens (tertiary/aromatic N) is 1. The van der Waals surface area contributed by atoms with E-state index in [1.54, 1.807) is 21.3 Å². The average Bonchev–Trinajstić information content (AvgIpc) is 2.67. The maximum atomic E-state index is 5.85. The van der Waals surface area contributed by atoms with Gasteiger partial charge in [-0.2, -0.15) is 0 Å². The van der Waals surface area contributed by atoms with Crippen LogP contribution in [-0.4, -0.2) is 34.3 Å². The van der Waals surface area contributed by atoms with E-state index in [0.29, 0.717) is 8.58 Å². The van der Waals surface area contributed by atoms with E-state index in [1.807, 2.05) is 24.4 Å². The third-order valence-electron chi connectivity index (χ3n) is 4.46. The van der Waals surface area contributed by atoms with Crippen molar-refractivity contribution >= 4 is 20.1 Å². The first-order chi connectivity index (χ1) is 12.6. The van der Waals surface area contributed by atoms with Gasteiger partial charge in [0.25, 0.3) is 0 Å². The fourth-order valence-corrected chi connectivity index (χ4v) is 4.39. The molecule has 0 radical (unpaired) electrons. The molecule has 0 amide bonds. The van der Waals surface area contributed by atoms with Crippen LogP contribution < -0.4 is 14.8 Å². The molecule has 0 aromatic heterocycles. The highest BCUT2D eigenvalue weighted by molar-refractivity contribution is 7.48. The lowest BCUT2D eigenvalue weighted by atomic mass is 9.96. The molecular weight excluding hydrogens is 345 g/mol. The van der Waals surface area contributed by atoms with Gasteiger partial charge in [-0.05, 0) is 35.5 Å². The van der Waals surface area contributed by atoms with Crippen LogP contribution in [-0.2, 0) is 9.89 Å². The van der Waals surface area contributed by atoms with E-state index >= 15 is 0 Å². The fourth-order valence-electron chi connectivity index (χ4n) is 2.82. The molecule has 0 N–H and O–H groups in total. The van der Waals surface area contributed by atoms with Gasteiger partial charge in [-0.1, -0.05) is 46.7 Å². The molecule has 0 spiro atoms. The quantitative estimate of drug-likeness (QED) is 0.373. The van der Waals surface area contributed by atoms with Gasteiger partial charge in [-0.15, -0.1) is 0 Å². The molecule has 140 valence electrons. The van der Waals surface area contributed by atoms with Crippen molar-refractivity contribution in [1.29, 1.82) is 0 Å². The molecule has 0 aliphatic heterocycles. The molecule has 0 aliphatic carbocycles. The van der Waals surface area contributed by atoms with Gasteiger partial charge < -0.3 is 14.2 Å². The van der Waals surface area contributed by atoms with Crippen molar-refractivity contribution in [3.05, 3.63) is 53.6 Å². The Labute approximate surface area is 158 Å². The summed E-state index contributed by atoms with van der Waals surface area (Å²) in [5, 5.41) is 1.21. The predicted molar refractivity (Wildman–Crippen MR) is 111 cm³/mol. The Hall–Kier alpha value is -1.90. The zero-order valence-corrected chi connectivity index (χ0v) is 17.2. The average molecular weight is 373 g/mol. The molecule has 2 rings (SSSR count). The maximum Gasteiger partial charge on any atom is 0.188 e. The SMILES string of the molecule is CCC(C)(Pc1ccccc1/C=N/C)c1cc(OC)ccc1OCOC. The zero-order valence-electron chi connectivity index (χ0n) is 16.2. The minimum absolute atomic E-state index is 0.0880. The minimum atomic E-state index is -0.0880. The molecule has 0 heterocycles. The Morgan fingerprint density at radius 1 is 1.15 bits per heavy atom. The van der Waals surface area contributed by atoms with Crippen LogP contribution in [0.3, 0.4) is 0 Å². The molecule has 0 saturated carbocycles. The highest BCUT2D eigenvalue weighted by Gasteiger charge is 2.30. The van der Waals surface area contributed by atoms with Gasteiger partial charge >= 0.3 is 0 Å². The second kappa shape index (κ2) is 9.70. The molecule has 2 aromatic carbocycles. The normalized spacial score (nSPS) is 14.0. The molecule has 0 fully saturated rings. The first-order valence-corrected chi connectivity index (χ1v) is 9.67. The van der Waals surface area contributed by atoms with Crippen LogP contribution in [0.15, 0.2) is 47.5 Å². The molecule has 2 atom stereocenters. The van der Waals surface area contributed by atoms with Crippen molar-refractivity contribution in [2.45, 2.75) is 25.4 Å². The van der Waals surface area contributed by atoms with Crippen LogP contribution >= 0.6 is 8.58 Å². The Morgan fingerprint density at radius 3 is 2.58 bits per heavy atom. The molecule has 26 heavy (non-hydrogen) atoms. The van der Waals surface area contributed by atoms with Gasteiger partial charge in [0.2, 0.25) is 0 Å². The lowest BCUT2D eigenvalue weighted by Crippen LogP contribution is -2.21. The summed E-state index contributed by atoms with van der Waals surface area (Å²) in [6.07, 6.45) is 2.89. The predicted octanol–water partition coefficient (Wildman–Crippen LogP) is 4.36. The summed E-state index contributed by atoms with van der Waals surface area (Å²) < 4.78 is 16.4. The zero-order chi connectivity index (χ0) is 19.0. The first-order valence-electron chi connectivity index (χ1n) is 8.67. The third kappa shape index (κ3) is 4.84. The second-order valence-corrected chi connectivity index (χ2v) is 8.09. The number of aliphatic imine (C=N–C) groups is 1. The number of hydrogen-bond acceptors (Lipinski definition) is 4. The minimum Gasteiger partial charge on any atom is -0.497 e. The summed E-state index contributed by atoms with van der Waals surface area (Å²) >= 11 is 0. The summed E-state index contributed by atoms with van der Waals surface area (Å²) in [6.45, 7) is 4.71.